The van der Waals surface area contributed by atoms with Gasteiger partial charge in [-0.1, -0.05) is 36.4 Å². The maximum atomic E-state index is 13.6. The summed E-state index contributed by atoms with van der Waals surface area (Å²) in [4.78, 5) is 15.8. The van der Waals surface area contributed by atoms with E-state index in [4.69, 9.17) is 5.73 Å². The predicted molar refractivity (Wildman–Crippen MR) is 98.9 cm³/mol. The summed E-state index contributed by atoms with van der Waals surface area (Å²) in [5.74, 6) is -1.13. The molecule has 33 heavy (non-hydrogen) atoms. The van der Waals surface area contributed by atoms with Gasteiger partial charge in [0.2, 0.25) is 0 Å². The largest absolute Gasteiger partial charge is 0.435 e. The molecule has 2 N–H and O–H groups in total. The van der Waals surface area contributed by atoms with Crippen LogP contribution in [0.15, 0.2) is 53.3 Å². The quantitative estimate of drug-likeness (QED) is 0.496. The Morgan fingerprint density at radius 1 is 0.818 bits per heavy atom. The second-order valence-electron chi connectivity index (χ2n) is 6.83. The van der Waals surface area contributed by atoms with Crippen LogP contribution in [0, 0.1) is 0 Å². The van der Waals surface area contributed by atoms with E-state index in [1.54, 1.807) is 6.07 Å². The zero-order valence-electron chi connectivity index (χ0n) is 16.1. The highest BCUT2D eigenvalue weighted by molar-refractivity contribution is 5.65. The highest BCUT2D eigenvalue weighted by atomic mass is 19.4. The van der Waals surface area contributed by atoms with Gasteiger partial charge in [0.15, 0.2) is 5.69 Å². The van der Waals surface area contributed by atoms with Crippen LogP contribution in [0.5, 0.6) is 0 Å². The third-order valence-electron chi connectivity index (χ3n) is 4.55. The third-order valence-corrected chi connectivity index (χ3v) is 4.55. The number of hydrogen-bond acceptors (Lipinski definition) is 3. The molecule has 4 nitrogen and oxygen atoms in total. The highest BCUT2D eigenvalue weighted by Gasteiger charge is 2.41. The number of nitrogen functional groups attached to an aromatic ring is 1. The summed E-state index contributed by atoms with van der Waals surface area (Å²) in [7, 11) is 0. The fourth-order valence-electron chi connectivity index (χ4n) is 3.05. The monoisotopic (exact) mass is 481 g/mol. The lowest BCUT2D eigenvalue weighted by Crippen LogP contribution is -2.31. The lowest BCUT2D eigenvalue weighted by molar-refractivity contribution is -0.142. The van der Waals surface area contributed by atoms with E-state index in [9.17, 15) is 44.3 Å². The Morgan fingerprint density at radius 3 is 1.94 bits per heavy atom. The average Bonchev–Trinajstić information content (AvgIpc) is 2.70. The van der Waals surface area contributed by atoms with Crippen LogP contribution in [0.3, 0.4) is 0 Å². The molecule has 0 fully saturated rings. The number of halogens is 9. The first kappa shape index (κ1) is 24.1. The Balaban J connectivity index is 2.40. The first-order valence-corrected chi connectivity index (χ1v) is 8.91. The van der Waals surface area contributed by atoms with Gasteiger partial charge in [-0.3, -0.25) is 9.36 Å². The van der Waals surface area contributed by atoms with Crippen molar-refractivity contribution >= 4 is 5.69 Å². The van der Waals surface area contributed by atoms with E-state index in [1.807, 2.05) is 0 Å². The number of nitrogens with zero attached hydrogens (tertiary/aromatic N) is 2. The Labute approximate surface area is 179 Å². The Morgan fingerprint density at radius 2 is 1.42 bits per heavy atom. The maximum Gasteiger partial charge on any atom is 0.435 e. The molecule has 3 aromatic rings. The van der Waals surface area contributed by atoms with Crippen LogP contribution in [-0.2, 0) is 25.1 Å². The van der Waals surface area contributed by atoms with E-state index in [0.717, 1.165) is 0 Å². The highest BCUT2D eigenvalue weighted by Crippen LogP contribution is 2.41. The second-order valence-corrected chi connectivity index (χ2v) is 6.83. The zero-order chi connectivity index (χ0) is 24.8. The van der Waals surface area contributed by atoms with Crippen LogP contribution in [0.2, 0.25) is 0 Å². The van der Waals surface area contributed by atoms with E-state index < -0.39 is 64.5 Å². The summed E-state index contributed by atoms with van der Waals surface area (Å²) >= 11 is 0. The smallest absolute Gasteiger partial charge is 0.392 e. The Kier molecular flexibility index (Phi) is 5.94. The molecule has 0 amide bonds. The Bertz CT molecular complexity index is 1230. The first-order chi connectivity index (χ1) is 15.1. The number of aromatic nitrogens is 2. The van der Waals surface area contributed by atoms with Crippen LogP contribution in [0.25, 0.3) is 11.4 Å². The molecule has 0 spiro atoms. The number of benzene rings is 2. The van der Waals surface area contributed by atoms with Crippen molar-refractivity contribution < 1.29 is 39.5 Å². The van der Waals surface area contributed by atoms with Gasteiger partial charge in [-0.05, 0) is 17.7 Å². The summed E-state index contributed by atoms with van der Waals surface area (Å²) in [5, 5.41) is 0. The van der Waals surface area contributed by atoms with Gasteiger partial charge in [0.1, 0.15) is 11.5 Å². The first-order valence-electron chi connectivity index (χ1n) is 8.91. The predicted octanol–water partition coefficient (Wildman–Crippen LogP) is 5.60. The van der Waals surface area contributed by atoms with E-state index >= 15 is 0 Å². The van der Waals surface area contributed by atoms with Gasteiger partial charge in [0, 0.05) is 5.56 Å². The van der Waals surface area contributed by atoms with Gasteiger partial charge < -0.3 is 5.73 Å². The van der Waals surface area contributed by atoms with Gasteiger partial charge in [-0.2, -0.15) is 39.5 Å². The van der Waals surface area contributed by atoms with Crippen molar-refractivity contribution in [3.8, 4) is 11.4 Å². The van der Waals surface area contributed by atoms with Crippen LogP contribution in [-0.4, -0.2) is 9.55 Å². The van der Waals surface area contributed by atoms with Crippen molar-refractivity contribution in [2.24, 2.45) is 0 Å². The SMILES string of the molecule is Nc1c(C(F)(F)F)nc(-c2ccc(C(F)(F)F)cc2C(F)(F)F)n(Cc2ccccc2)c1=O. The molecule has 0 aliphatic heterocycles. The summed E-state index contributed by atoms with van der Waals surface area (Å²) in [6.07, 6.45) is -15.9. The molecule has 0 aliphatic carbocycles. The molecule has 0 atom stereocenters. The number of anilines is 1. The molecule has 0 aliphatic rings. The molecule has 3 rings (SSSR count). The van der Waals surface area contributed by atoms with Crippen LogP contribution in [0.4, 0.5) is 45.2 Å². The van der Waals surface area contributed by atoms with Crippen LogP contribution < -0.4 is 11.3 Å². The van der Waals surface area contributed by atoms with Crippen molar-refractivity contribution in [2.45, 2.75) is 25.1 Å². The van der Waals surface area contributed by atoms with Crippen molar-refractivity contribution in [3.05, 3.63) is 81.3 Å². The number of hydrogen-bond donors (Lipinski definition) is 1. The molecule has 176 valence electrons. The molecule has 1 aromatic heterocycles. The molecule has 0 saturated heterocycles. The molecule has 0 saturated carbocycles. The van der Waals surface area contributed by atoms with Crippen molar-refractivity contribution in [1.82, 2.24) is 9.55 Å². The fraction of sp³-hybridized carbons (Fsp3) is 0.200. The standard InChI is InChI=1S/C20H12F9N3O/c21-18(22,23)11-6-7-12(13(8-11)19(24,25)26)16-31-15(20(27,28)29)14(30)17(33)32(16)9-10-4-2-1-3-5-10/h1-8H,9,30H2. The van der Waals surface area contributed by atoms with Crippen LogP contribution in [0.1, 0.15) is 22.4 Å². The molecule has 0 unspecified atom stereocenters. The van der Waals surface area contributed by atoms with Gasteiger partial charge in [-0.15, -0.1) is 0 Å². The van der Waals surface area contributed by atoms with Crippen molar-refractivity contribution in [2.75, 3.05) is 5.73 Å². The molecule has 0 radical (unpaired) electrons. The maximum absolute atomic E-state index is 13.6. The average molecular weight is 481 g/mol. The normalized spacial score (nSPS) is 12.8. The number of nitrogens with two attached hydrogens (primary N) is 1. The summed E-state index contributed by atoms with van der Waals surface area (Å²) in [5.41, 5.74) is -3.95. The van der Waals surface area contributed by atoms with E-state index in [2.05, 4.69) is 4.98 Å². The lowest BCUT2D eigenvalue weighted by atomic mass is 10.0. The van der Waals surface area contributed by atoms with E-state index in [-0.39, 0.29) is 12.1 Å². The molecular formula is C20H12F9N3O. The van der Waals surface area contributed by atoms with E-state index in [0.29, 0.717) is 16.2 Å². The zero-order valence-corrected chi connectivity index (χ0v) is 16.1. The minimum Gasteiger partial charge on any atom is -0.392 e. The topological polar surface area (TPSA) is 60.9 Å². The molecule has 0 bridgehead atoms. The fourth-order valence-corrected chi connectivity index (χ4v) is 3.05. The third kappa shape index (κ3) is 4.96. The summed E-state index contributed by atoms with van der Waals surface area (Å²) in [6, 6.07) is 7.77. The van der Waals surface area contributed by atoms with Crippen molar-refractivity contribution in [1.29, 1.82) is 0 Å². The van der Waals surface area contributed by atoms with Gasteiger partial charge in [0.05, 0.1) is 17.7 Å². The van der Waals surface area contributed by atoms with Gasteiger partial charge in [-0.25, -0.2) is 4.98 Å². The minimum absolute atomic E-state index is 0.252. The van der Waals surface area contributed by atoms with Crippen LogP contribution >= 0.6 is 0 Å². The minimum atomic E-state index is -5.41. The lowest BCUT2D eigenvalue weighted by Gasteiger charge is -2.20. The Hall–Kier alpha value is -3.51. The second kappa shape index (κ2) is 8.12. The summed E-state index contributed by atoms with van der Waals surface area (Å²) in [6.45, 7) is -0.539. The molecular weight excluding hydrogens is 469 g/mol. The molecule has 13 heteroatoms. The van der Waals surface area contributed by atoms with Gasteiger partial charge in [0.25, 0.3) is 5.56 Å². The molecule has 2 aromatic carbocycles. The van der Waals surface area contributed by atoms with E-state index in [1.165, 1.54) is 24.3 Å². The van der Waals surface area contributed by atoms with Crippen molar-refractivity contribution in [3.63, 3.8) is 0 Å². The number of rotatable bonds is 3. The number of alkyl halides is 9. The van der Waals surface area contributed by atoms with Gasteiger partial charge >= 0.3 is 18.5 Å². The summed E-state index contributed by atoms with van der Waals surface area (Å²) < 4.78 is 120. The molecule has 1 heterocycles.